The molecule has 19 heavy (non-hydrogen) atoms. The molecule has 0 saturated carbocycles. The lowest BCUT2D eigenvalue weighted by Crippen LogP contribution is -2.28. The number of furan rings is 1. The highest BCUT2D eigenvalue weighted by Crippen LogP contribution is 2.34. The second-order valence-electron chi connectivity index (χ2n) is 4.14. The monoisotopic (exact) mass is 280 g/mol. The van der Waals surface area contributed by atoms with Crippen molar-refractivity contribution in [3.05, 3.63) is 46.9 Å². The van der Waals surface area contributed by atoms with Crippen molar-refractivity contribution in [2.75, 3.05) is 13.2 Å². The van der Waals surface area contributed by atoms with E-state index in [2.05, 4.69) is 5.43 Å². The van der Waals surface area contributed by atoms with E-state index in [4.69, 9.17) is 31.3 Å². The zero-order valence-electron chi connectivity index (χ0n) is 10.1. The Balaban J connectivity index is 1.95. The van der Waals surface area contributed by atoms with Gasteiger partial charge in [-0.25, -0.2) is 5.43 Å². The number of rotatable bonds is 3. The average molecular weight is 281 g/mol. The number of fused-ring (bicyclic) bond motifs is 1. The van der Waals surface area contributed by atoms with Crippen LogP contribution in [0.1, 0.15) is 17.4 Å². The summed E-state index contributed by atoms with van der Waals surface area (Å²) >= 11 is 5.78. The van der Waals surface area contributed by atoms with Crippen molar-refractivity contribution in [3.63, 3.8) is 0 Å². The third kappa shape index (κ3) is 2.40. The first kappa shape index (κ1) is 12.3. The largest absolute Gasteiger partial charge is 0.486 e. The van der Waals surface area contributed by atoms with Crippen LogP contribution in [0.3, 0.4) is 0 Å². The third-order valence-corrected chi connectivity index (χ3v) is 3.15. The summed E-state index contributed by atoms with van der Waals surface area (Å²) in [7, 11) is 0. The third-order valence-electron chi connectivity index (χ3n) is 2.94. The van der Waals surface area contributed by atoms with Crippen LogP contribution in [0.4, 0.5) is 0 Å². The van der Waals surface area contributed by atoms with Crippen molar-refractivity contribution in [1.29, 1.82) is 0 Å². The van der Waals surface area contributed by atoms with Gasteiger partial charge in [0.2, 0.25) is 0 Å². The zero-order valence-corrected chi connectivity index (χ0v) is 10.8. The summed E-state index contributed by atoms with van der Waals surface area (Å²) in [6, 6.07) is 8.83. The number of nitrogens with one attached hydrogen (secondary N) is 1. The molecule has 2 heterocycles. The van der Waals surface area contributed by atoms with E-state index in [9.17, 15) is 0 Å². The molecule has 2 aromatic rings. The maximum atomic E-state index is 5.78. The SMILES string of the molecule is NNC(c1ccc2c(c1)OCCO2)c1ccc(Cl)o1. The molecular formula is C13H13ClN2O3. The molecule has 0 spiro atoms. The molecule has 1 aliphatic heterocycles. The molecule has 1 aromatic carbocycles. The smallest absolute Gasteiger partial charge is 0.193 e. The number of hydrogen-bond acceptors (Lipinski definition) is 5. The van der Waals surface area contributed by atoms with Crippen LogP contribution in [0.25, 0.3) is 0 Å². The molecule has 0 aliphatic carbocycles. The van der Waals surface area contributed by atoms with Crippen molar-refractivity contribution < 1.29 is 13.9 Å². The fourth-order valence-electron chi connectivity index (χ4n) is 2.07. The van der Waals surface area contributed by atoms with Gasteiger partial charge in [-0.1, -0.05) is 6.07 Å². The molecule has 0 radical (unpaired) electrons. The molecule has 1 aliphatic rings. The minimum atomic E-state index is -0.289. The van der Waals surface area contributed by atoms with Crippen LogP contribution < -0.4 is 20.7 Å². The summed E-state index contributed by atoms with van der Waals surface area (Å²) in [6.45, 7) is 1.11. The van der Waals surface area contributed by atoms with Crippen molar-refractivity contribution in [1.82, 2.24) is 5.43 Å². The molecule has 6 heteroatoms. The van der Waals surface area contributed by atoms with Crippen LogP contribution in [0.2, 0.25) is 5.22 Å². The van der Waals surface area contributed by atoms with E-state index in [1.54, 1.807) is 12.1 Å². The lowest BCUT2D eigenvalue weighted by molar-refractivity contribution is 0.171. The molecule has 0 saturated heterocycles. The van der Waals surface area contributed by atoms with Crippen molar-refractivity contribution in [2.45, 2.75) is 6.04 Å². The van der Waals surface area contributed by atoms with E-state index in [1.165, 1.54) is 0 Å². The molecule has 3 rings (SSSR count). The van der Waals surface area contributed by atoms with Gasteiger partial charge >= 0.3 is 0 Å². The molecular weight excluding hydrogens is 268 g/mol. The average Bonchev–Trinajstić information content (AvgIpc) is 2.86. The molecule has 3 N–H and O–H groups in total. The second kappa shape index (κ2) is 5.13. The lowest BCUT2D eigenvalue weighted by atomic mass is 10.0. The van der Waals surface area contributed by atoms with Crippen LogP contribution in [0.15, 0.2) is 34.7 Å². The highest BCUT2D eigenvalue weighted by Gasteiger charge is 2.20. The fourth-order valence-corrected chi connectivity index (χ4v) is 2.22. The highest BCUT2D eigenvalue weighted by atomic mass is 35.5. The van der Waals surface area contributed by atoms with E-state index in [-0.39, 0.29) is 6.04 Å². The van der Waals surface area contributed by atoms with Gasteiger partial charge in [-0.15, -0.1) is 0 Å². The van der Waals surface area contributed by atoms with Crippen molar-refractivity contribution in [3.8, 4) is 11.5 Å². The number of hydrazine groups is 1. The number of halogens is 1. The summed E-state index contributed by atoms with van der Waals surface area (Å²) in [5.41, 5.74) is 3.62. The van der Waals surface area contributed by atoms with Crippen molar-refractivity contribution >= 4 is 11.6 Å². The minimum absolute atomic E-state index is 0.289. The summed E-state index contributed by atoms with van der Waals surface area (Å²) in [6.07, 6.45) is 0. The zero-order chi connectivity index (χ0) is 13.2. The number of hydrogen-bond donors (Lipinski definition) is 2. The molecule has 100 valence electrons. The molecule has 1 aromatic heterocycles. The Kier molecular flexibility index (Phi) is 3.33. The van der Waals surface area contributed by atoms with Gasteiger partial charge < -0.3 is 13.9 Å². The highest BCUT2D eigenvalue weighted by molar-refractivity contribution is 6.28. The fraction of sp³-hybridized carbons (Fsp3) is 0.231. The van der Waals surface area contributed by atoms with Crippen LogP contribution >= 0.6 is 11.6 Å². The predicted molar refractivity (Wildman–Crippen MR) is 70.3 cm³/mol. The molecule has 0 amide bonds. The predicted octanol–water partition coefficient (Wildman–Crippen LogP) is 2.26. The van der Waals surface area contributed by atoms with Crippen LogP contribution in [-0.4, -0.2) is 13.2 Å². The normalized spacial score (nSPS) is 15.3. The van der Waals surface area contributed by atoms with Crippen molar-refractivity contribution in [2.24, 2.45) is 5.84 Å². The Morgan fingerprint density at radius 2 is 1.89 bits per heavy atom. The second-order valence-corrected chi connectivity index (χ2v) is 4.52. The maximum absolute atomic E-state index is 5.78. The van der Waals surface area contributed by atoms with Gasteiger partial charge in [-0.2, -0.15) is 0 Å². The molecule has 5 nitrogen and oxygen atoms in total. The Morgan fingerprint density at radius 3 is 2.58 bits per heavy atom. The quantitative estimate of drug-likeness (QED) is 0.667. The number of nitrogens with two attached hydrogens (primary N) is 1. The van der Waals surface area contributed by atoms with Gasteiger partial charge in [0.15, 0.2) is 16.7 Å². The molecule has 1 unspecified atom stereocenters. The van der Waals surface area contributed by atoms with Crippen LogP contribution in [-0.2, 0) is 0 Å². The summed E-state index contributed by atoms with van der Waals surface area (Å²) < 4.78 is 16.4. The molecule has 0 fully saturated rings. The molecule has 1 atom stereocenters. The Morgan fingerprint density at radius 1 is 1.11 bits per heavy atom. The van der Waals surface area contributed by atoms with E-state index in [0.29, 0.717) is 29.9 Å². The number of benzene rings is 1. The van der Waals surface area contributed by atoms with E-state index in [1.807, 2.05) is 18.2 Å². The van der Waals surface area contributed by atoms with E-state index >= 15 is 0 Å². The summed E-state index contributed by atoms with van der Waals surface area (Å²) in [4.78, 5) is 0. The van der Waals surface area contributed by atoms with Gasteiger partial charge in [-0.05, 0) is 41.4 Å². The van der Waals surface area contributed by atoms with Crippen LogP contribution in [0, 0.1) is 0 Å². The topological polar surface area (TPSA) is 69.7 Å². The van der Waals surface area contributed by atoms with Gasteiger partial charge in [-0.3, -0.25) is 5.84 Å². The minimum Gasteiger partial charge on any atom is -0.486 e. The lowest BCUT2D eigenvalue weighted by Gasteiger charge is -2.21. The van der Waals surface area contributed by atoms with Crippen LogP contribution in [0.5, 0.6) is 11.5 Å². The van der Waals surface area contributed by atoms with Gasteiger partial charge in [0.1, 0.15) is 25.0 Å². The van der Waals surface area contributed by atoms with E-state index < -0.39 is 0 Å². The first-order valence-corrected chi connectivity index (χ1v) is 6.26. The van der Waals surface area contributed by atoms with Gasteiger partial charge in [0.25, 0.3) is 0 Å². The maximum Gasteiger partial charge on any atom is 0.193 e. The summed E-state index contributed by atoms with van der Waals surface area (Å²) in [5, 5.41) is 0.327. The van der Waals surface area contributed by atoms with Gasteiger partial charge in [0.05, 0.1) is 0 Å². The summed E-state index contributed by atoms with van der Waals surface area (Å²) in [5.74, 6) is 7.69. The Labute approximate surface area is 115 Å². The van der Waals surface area contributed by atoms with Gasteiger partial charge in [0, 0.05) is 0 Å². The van der Waals surface area contributed by atoms with E-state index in [0.717, 1.165) is 11.3 Å². The Bertz CT molecular complexity index is 585. The first-order chi connectivity index (χ1) is 9.28. The standard InChI is InChI=1S/C13H13ClN2O3/c14-12-4-3-10(19-12)13(16-15)8-1-2-9-11(7-8)18-6-5-17-9/h1-4,7,13,16H,5-6,15H2. The first-order valence-electron chi connectivity index (χ1n) is 5.89. The Hall–Kier alpha value is -1.69. The molecule has 0 bridgehead atoms. The number of ether oxygens (including phenoxy) is 2.